The lowest BCUT2D eigenvalue weighted by Crippen LogP contribution is -2.16. The number of benzene rings is 1. The minimum Gasteiger partial charge on any atom is -0.481 e. The molecule has 0 aliphatic heterocycles. The van der Waals surface area contributed by atoms with Crippen molar-refractivity contribution in [2.75, 3.05) is 5.32 Å². The van der Waals surface area contributed by atoms with Crippen LogP contribution < -0.4 is 5.32 Å². The molecule has 0 amide bonds. The molecule has 2 N–H and O–H groups in total. The Bertz CT molecular complexity index is 866. The van der Waals surface area contributed by atoms with Crippen LogP contribution in [0, 0.1) is 5.92 Å². The molecule has 30 heavy (non-hydrogen) atoms. The summed E-state index contributed by atoms with van der Waals surface area (Å²) >= 11 is 1.48. The normalized spacial score (nSPS) is 22.1. The van der Waals surface area contributed by atoms with Gasteiger partial charge in [0, 0.05) is 18.0 Å². The zero-order valence-corrected chi connectivity index (χ0v) is 18.0. The highest BCUT2D eigenvalue weighted by Crippen LogP contribution is 2.37. The summed E-state index contributed by atoms with van der Waals surface area (Å²) in [4.78, 5) is 23.6. The molecule has 2 fully saturated rings. The Morgan fingerprint density at radius 2 is 1.70 bits per heavy atom. The van der Waals surface area contributed by atoms with E-state index in [0.717, 1.165) is 35.8 Å². The zero-order chi connectivity index (χ0) is 20.9. The first-order chi connectivity index (χ1) is 14.6. The van der Waals surface area contributed by atoms with E-state index in [1.54, 1.807) is 0 Å². The van der Waals surface area contributed by atoms with Crippen molar-refractivity contribution in [3.05, 3.63) is 40.4 Å². The number of nitrogens with one attached hydrogen (secondary N) is 1. The van der Waals surface area contributed by atoms with E-state index < -0.39 is 5.97 Å². The van der Waals surface area contributed by atoms with E-state index in [9.17, 15) is 9.59 Å². The third-order valence-corrected chi connectivity index (χ3v) is 7.33. The maximum atomic E-state index is 12.7. The van der Waals surface area contributed by atoms with Crippen molar-refractivity contribution in [1.82, 2.24) is 10.2 Å². The molecule has 0 unspecified atom stereocenters. The zero-order valence-electron chi connectivity index (χ0n) is 17.2. The summed E-state index contributed by atoms with van der Waals surface area (Å²) < 4.78 is 0. The first kappa shape index (κ1) is 21.0. The number of carbonyl (C=O) groups is 2. The van der Waals surface area contributed by atoms with E-state index in [1.807, 2.05) is 12.1 Å². The van der Waals surface area contributed by atoms with Gasteiger partial charge < -0.3 is 10.4 Å². The smallest absolute Gasteiger partial charge is 0.303 e. The molecule has 4 rings (SSSR count). The maximum Gasteiger partial charge on any atom is 0.303 e. The van der Waals surface area contributed by atoms with Gasteiger partial charge in [-0.2, -0.15) is 0 Å². The number of aromatic nitrogens is 2. The summed E-state index contributed by atoms with van der Waals surface area (Å²) in [6, 6.07) is 8.44. The Morgan fingerprint density at radius 1 is 1.00 bits per heavy atom. The Labute approximate surface area is 181 Å². The highest BCUT2D eigenvalue weighted by molar-refractivity contribution is 7.15. The van der Waals surface area contributed by atoms with E-state index >= 15 is 0 Å². The van der Waals surface area contributed by atoms with Gasteiger partial charge in [-0.1, -0.05) is 48.4 Å². The molecule has 1 heterocycles. The molecule has 1 aromatic carbocycles. The molecule has 0 saturated heterocycles. The van der Waals surface area contributed by atoms with Gasteiger partial charge in [-0.05, 0) is 55.9 Å². The van der Waals surface area contributed by atoms with Crippen LogP contribution in [0.1, 0.15) is 84.6 Å². The monoisotopic (exact) mass is 427 g/mol. The van der Waals surface area contributed by atoms with Crippen LogP contribution in [0.15, 0.2) is 24.3 Å². The number of carboxylic acids is 1. The van der Waals surface area contributed by atoms with Gasteiger partial charge >= 0.3 is 5.97 Å². The second-order valence-electron chi connectivity index (χ2n) is 8.66. The van der Waals surface area contributed by atoms with Gasteiger partial charge in [-0.3, -0.25) is 9.59 Å². The predicted octanol–water partition coefficient (Wildman–Crippen LogP) is 5.07. The fraction of sp³-hybridized carbons (Fsp3) is 0.565. The number of Topliss-reactive ketones (excluding diaryl/α,β-unsaturated/α-hetero) is 1. The van der Waals surface area contributed by atoms with Crippen LogP contribution in [0.5, 0.6) is 0 Å². The quantitative estimate of drug-likeness (QED) is 0.572. The summed E-state index contributed by atoms with van der Waals surface area (Å²) in [5.74, 6) is 0.139. The van der Waals surface area contributed by atoms with Gasteiger partial charge in [0.1, 0.15) is 5.01 Å². The van der Waals surface area contributed by atoms with Crippen molar-refractivity contribution in [1.29, 1.82) is 0 Å². The standard InChI is InChI=1S/C23H29N3O3S/c27-20(14-21-25-26-23(30-21)24-19-3-1-2-4-19)18-11-9-17(10-12-18)16-7-5-15(6-8-16)13-22(28)29/h9-12,15-16,19H,1-8,13-14H2,(H,24,26)(H,28,29). The van der Waals surface area contributed by atoms with Gasteiger partial charge in [-0.25, -0.2) is 0 Å². The summed E-state index contributed by atoms with van der Waals surface area (Å²) in [5, 5.41) is 22.3. The second kappa shape index (κ2) is 9.69. The molecular weight excluding hydrogens is 398 g/mol. The van der Waals surface area contributed by atoms with Crippen molar-refractivity contribution in [2.45, 2.75) is 76.2 Å². The molecule has 2 aromatic rings. The van der Waals surface area contributed by atoms with E-state index in [-0.39, 0.29) is 18.6 Å². The Kier molecular flexibility index (Phi) is 6.77. The van der Waals surface area contributed by atoms with E-state index in [0.29, 0.717) is 23.4 Å². The molecule has 0 atom stereocenters. The number of nitrogens with zero attached hydrogens (tertiary/aromatic N) is 2. The SMILES string of the molecule is O=C(O)CC1CCC(c2ccc(C(=O)Cc3nnc(NC4CCCC4)s3)cc2)CC1. The van der Waals surface area contributed by atoms with Gasteiger partial charge in [0.2, 0.25) is 5.13 Å². The van der Waals surface area contributed by atoms with Crippen molar-refractivity contribution >= 4 is 28.2 Å². The minimum absolute atomic E-state index is 0.0651. The molecule has 2 saturated carbocycles. The molecule has 0 spiro atoms. The maximum absolute atomic E-state index is 12.7. The fourth-order valence-electron chi connectivity index (χ4n) is 4.76. The number of ketones is 1. The molecule has 7 heteroatoms. The van der Waals surface area contributed by atoms with Crippen LogP contribution in [0.2, 0.25) is 0 Å². The molecule has 2 aliphatic rings. The van der Waals surface area contributed by atoms with Crippen LogP contribution in [-0.4, -0.2) is 33.1 Å². The Balaban J connectivity index is 1.29. The van der Waals surface area contributed by atoms with E-state index in [2.05, 4.69) is 27.6 Å². The fourth-order valence-corrected chi connectivity index (χ4v) is 5.57. The lowest BCUT2D eigenvalue weighted by molar-refractivity contribution is -0.138. The Hall–Kier alpha value is -2.28. The highest BCUT2D eigenvalue weighted by atomic mass is 32.1. The third kappa shape index (κ3) is 5.45. The van der Waals surface area contributed by atoms with Gasteiger partial charge in [0.05, 0.1) is 6.42 Å². The first-order valence-electron chi connectivity index (χ1n) is 11.0. The van der Waals surface area contributed by atoms with Crippen LogP contribution in [0.3, 0.4) is 0 Å². The average Bonchev–Trinajstić information content (AvgIpc) is 3.41. The van der Waals surface area contributed by atoms with E-state index in [4.69, 9.17) is 5.11 Å². The molecule has 2 aliphatic carbocycles. The number of aliphatic carboxylic acids is 1. The van der Waals surface area contributed by atoms with Crippen molar-refractivity contribution < 1.29 is 14.7 Å². The number of hydrogen-bond donors (Lipinski definition) is 2. The summed E-state index contributed by atoms with van der Waals surface area (Å²) in [6.07, 6.45) is 9.43. The van der Waals surface area contributed by atoms with Crippen LogP contribution in [0.4, 0.5) is 5.13 Å². The molecule has 0 radical (unpaired) electrons. The minimum atomic E-state index is -0.696. The summed E-state index contributed by atoms with van der Waals surface area (Å²) in [7, 11) is 0. The van der Waals surface area contributed by atoms with E-state index in [1.165, 1.54) is 42.6 Å². The summed E-state index contributed by atoms with van der Waals surface area (Å²) in [5.41, 5.74) is 1.96. The van der Waals surface area contributed by atoms with Crippen LogP contribution >= 0.6 is 11.3 Å². The van der Waals surface area contributed by atoms with Crippen LogP contribution in [-0.2, 0) is 11.2 Å². The summed E-state index contributed by atoms with van der Waals surface area (Å²) in [6.45, 7) is 0. The topological polar surface area (TPSA) is 92.2 Å². The highest BCUT2D eigenvalue weighted by Gasteiger charge is 2.24. The molecule has 160 valence electrons. The second-order valence-corrected chi connectivity index (χ2v) is 9.73. The predicted molar refractivity (Wildman–Crippen MR) is 117 cm³/mol. The first-order valence-corrected chi connectivity index (χ1v) is 11.8. The molecule has 6 nitrogen and oxygen atoms in total. The van der Waals surface area contributed by atoms with Gasteiger partial charge in [0.15, 0.2) is 5.78 Å². The molecular formula is C23H29N3O3S. The van der Waals surface area contributed by atoms with Crippen molar-refractivity contribution in [3.63, 3.8) is 0 Å². The Morgan fingerprint density at radius 3 is 2.37 bits per heavy atom. The number of hydrogen-bond acceptors (Lipinski definition) is 6. The lowest BCUT2D eigenvalue weighted by atomic mass is 9.77. The van der Waals surface area contributed by atoms with Crippen LogP contribution in [0.25, 0.3) is 0 Å². The van der Waals surface area contributed by atoms with Gasteiger partial charge in [0.25, 0.3) is 0 Å². The third-order valence-electron chi connectivity index (χ3n) is 6.48. The van der Waals surface area contributed by atoms with Crippen molar-refractivity contribution in [2.24, 2.45) is 5.92 Å². The molecule has 0 bridgehead atoms. The number of carboxylic acid groups (broad SMARTS) is 1. The number of carbonyl (C=O) groups excluding carboxylic acids is 1. The number of rotatable bonds is 8. The largest absolute Gasteiger partial charge is 0.481 e. The average molecular weight is 428 g/mol. The lowest BCUT2D eigenvalue weighted by Gasteiger charge is -2.28. The van der Waals surface area contributed by atoms with Gasteiger partial charge in [-0.15, -0.1) is 10.2 Å². The number of anilines is 1. The van der Waals surface area contributed by atoms with Crippen molar-refractivity contribution in [3.8, 4) is 0 Å². The molecule has 1 aromatic heterocycles.